The van der Waals surface area contributed by atoms with Crippen LogP contribution >= 0.6 is 0 Å². The Hall–Kier alpha value is -3.35. The zero-order valence-electron chi connectivity index (χ0n) is 19.3. The van der Waals surface area contributed by atoms with E-state index in [4.69, 9.17) is 9.84 Å². The predicted octanol–water partition coefficient (Wildman–Crippen LogP) is 4.46. The van der Waals surface area contributed by atoms with E-state index >= 15 is 0 Å². The van der Waals surface area contributed by atoms with Crippen LogP contribution in [0.4, 0.5) is 4.79 Å². The van der Waals surface area contributed by atoms with E-state index in [1.54, 1.807) is 0 Å². The minimum atomic E-state index is -0.867. The van der Waals surface area contributed by atoms with Gasteiger partial charge >= 0.3 is 12.1 Å². The van der Waals surface area contributed by atoms with Gasteiger partial charge in [-0.2, -0.15) is 0 Å². The Morgan fingerprint density at radius 1 is 0.941 bits per heavy atom. The lowest BCUT2D eigenvalue weighted by atomic mass is 9.82. The number of benzene rings is 2. The van der Waals surface area contributed by atoms with Crippen molar-refractivity contribution in [1.82, 2.24) is 10.6 Å². The molecule has 1 fully saturated rings. The number of carbonyl (C=O) groups excluding carboxylic acids is 2. The fraction of sp³-hybridized carbons (Fsp3) is 0.444. The molecule has 2 aromatic carbocycles. The van der Waals surface area contributed by atoms with Crippen LogP contribution < -0.4 is 10.6 Å². The Balaban J connectivity index is 1.30. The molecule has 0 radical (unpaired) electrons. The van der Waals surface area contributed by atoms with Crippen LogP contribution in [0.1, 0.15) is 62.0 Å². The normalized spacial score (nSPS) is 19.1. The zero-order valence-corrected chi connectivity index (χ0v) is 19.3. The minimum absolute atomic E-state index is 0.0110. The second kappa shape index (κ2) is 11.2. The molecule has 0 heterocycles. The van der Waals surface area contributed by atoms with Gasteiger partial charge in [-0.05, 0) is 47.4 Å². The molecule has 0 spiro atoms. The number of ether oxygens (including phenoxy) is 1. The first-order valence-corrected chi connectivity index (χ1v) is 12.1. The highest BCUT2D eigenvalue weighted by Gasteiger charge is 2.31. The summed E-state index contributed by atoms with van der Waals surface area (Å²) in [5, 5.41) is 14.5. The van der Waals surface area contributed by atoms with Crippen molar-refractivity contribution < 1.29 is 24.2 Å². The van der Waals surface area contributed by atoms with Gasteiger partial charge in [-0.15, -0.1) is 0 Å². The molecule has 2 atom stereocenters. The van der Waals surface area contributed by atoms with Crippen molar-refractivity contribution >= 4 is 18.0 Å². The van der Waals surface area contributed by atoms with E-state index < -0.39 is 12.1 Å². The van der Waals surface area contributed by atoms with Crippen LogP contribution in [0.25, 0.3) is 11.1 Å². The maximum atomic E-state index is 12.7. The highest BCUT2D eigenvalue weighted by atomic mass is 16.5. The number of rotatable bonds is 9. The molecule has 1 saturated carbocycles. The molecule has 2 aromatic rings. The van der Waals surface area contributed by atoms with Gasteiger partial charge in [0.2, 0.25) is 5.91 Å². The molecular formula is C27H32N2O5. The zero-order chi connectivity index (χ0) is 23.9. The maximum absolute atomic E-state index is 12.7. The van der Waals surface area contributed by atoms with Crippen molar-refractivity contribution in [3.63, 3.8) is 0 Å². The van der Waals surface area contributed by atoms with Gasteiger partial charge in [-0.25, -0.2) is 4.79 Å². The number of alkyl carbamates (subject to hydrolysis) is 1. The molecule has 4 rings (SSSR count). The number of amides is 2. The average molecular weight is 465 g/mol. The topological polar surface area (TPSA) is 105 Å². The molecule has 34 heavy (non-hydrogen) atoms. The van der Waals surface area contributed by atoms with Crippen molar-refractivity contribution in [2.75, 3.05) is 13.2 Å². The molecule has 7 heteroatoms. The third-order valence-electron chi connectivity index (χ3n) is 6.89. The molecule has 180 valence electrons. The Morgan fingerprint density at radius 2 is 1.59 bits per heavy atom. The van der Waals surface area contributed by atoms with Crippen LogP contribution in [0.5, 0.6) is 0 Å². The van der Waals surface area contributed by atoms with Gasteiger partial charge in [-0.1, -0.05) is 61.4 Å². The first-order chi connectivity index (χ1) is 16.5. The van der Waals surface area contributed by atoms with Gasteiger partial charge < -0.3 is 20.5 Å². The van der Waals surface area contributed by atoms with E-state index in [9.17, 15) is 14.4 Å². The van der Waals surface area contributed by atoms with Crippen molar-refractivity contribution in [3.05, 3.63) is 59.7 Å². The number of carboxylic acid groups (broad SMARTS) is 1. The lowest BCUT2D eigenvalue weighted by Crippen LogP contribution is -2.44. The van der Waals surface area contributed by atoms with Gasteiger partial charge in [0.05, 0.1) is 0 Å². The molecule has 0 aliphatic heterocycles. The number of aliphatic carboxylic acids is 1. The van der Waals surface area contributed by atoms with E-state index in [-0.39, 0.29) is 36.8 Å². The van der Waals surface area contributed by atoms with Gasteiger partial charge in [0.15, 0.2) is 0 Å². The first-order valence-electron chi connectivity index (χ1n) is 12.1. The van der Waals surface area contributed by atoms with Crippen molar-refractivity contribution in [1.29, 1.82) is 0 Å². The van der Waals surface area contributed by atoms with Crippen LogP contribution in [0, 0.1) is 5.92 Å². The fourth-order valence-corrected chi connectivity index (χ4v) is 5.21. The molecule has 7 nitrogen and oxygen atoms in total. The van der Waals surface area contributed by atoms with Gasteiger partial charge in [0.25, 0.3) is 0 Å². The standard InChI is InChI=1S/C27H32N2O5/c30-25(28-15-7-14-26(31)32)16-18-8-1-6-13-24(18)29-27(33)34-17-23-21-11-4-2-9-19(21)20-10-3-5-12-22(20)23/h2-5,9-12,18,23-24H,1,6-8,13-17H2,(H,28,30)(H,29,33)(H,31,32)/t18-,24-/m0/s1. The second-order valence-electron chi connectivity index (χ2n) is 9.17. The lowest BCUT2D eigenvalue weighted by Gasteiger charge is -2.31. The number of hydrogen-bond donors (Lipinski definition) is 3. The summed E-state index contributed by atoms with van der Waals surface area (Å²) in [5.74, 6) is -0.906. The molecule has 0 aromatic heterocycles. The Kier molecular flexibility index (Phi) is 7.83. The highest BCUT2D eigenvalue weighted by molar-refractivity contribution is 5.79. The summed E-state index contributed by atoms with van der Waals surface area (Å²) in [4.78, 5) is 35.6. The average Bonchev–Trinajstić information content (AvgIpc) is 3.15. The summed E-state index contributed by atoms with van der Waals surface area (Å²) < 4.78 is 5.69. The molecule has 2 amide bonds. The quantitative estimate of drug-likeness (QED) is 0.476. The van der Waals surface area contributed by atoms with Crippen LogP contribution in [-0.4, -0.2) is 42.3 Å². The molecule has 2 aliphatic rings. The monoisotopic (exact) mass is 464 g/mol. The molecule has 0 unspecified atom stereocenters. The van der Waals surface area contributed by atoms with Crippen LogP contribution in [0.15, 0.2) is 48.5 Å². The number of carboxylic acids is 1. The number of hydrogen-bond acceptors (Lipinski definition) is 4. The molecule has 3 N–H and O–H groups in total. The third-order valence-corrected chi connectivity index (χ3v) is 6.89. The van der Waals surface area contributed by atoms with Crippen molar-refractivity contribution in [2.24, 2.45) is 5.92 Å². The van der Waals surface area contributed by atoms with Crippen molar-refractivity contribution in [3.8, 4) is 11.1 Å². The summed E-state index contributed by atoms with van der Waals surface area (Å²) in [6, 6.07) is 16.4. The Morgan fingerprint density at radius 3 is 2.26 bits per heavy atom. The van der Waals surface area contributed by atoms with Gasteiger partial charge in [0, 0.05) is 31.3 Å². The van der Waals surface area contributed by atoms with Crippen LogP contribution in [-0.2, 0) is 14.3 Å². The lowest BCUT2D eigenvalue weighted by molar-refractivity contribution is -0.137. The maximum Gasteiger partial charge on any atom is 0.407 e. The SMILES string of the molecule is O=C(O)CCCNC(=O)C[C@@H]1CCCC[C@@H]1NC(=O)OCC1c2ccccc2-c2ccccc21. The summed E-state index contributed by atoms with van der Waals surface area (Å²) in [6.45, 7) is 0.615. The number of carbonyl (C=O) groups is 3. The largest absolute Gasteiger partial charge is 0.481 e. The van der Waals surface area contributed by atoms with E-state index in [2.05, 4.69) is 34.9 Å². The first kappa shape index (κ1) is 23.8. The van der Waals surface area contributed by atoms with Crippen molar-refractivity contribution in [2.45, 2.75) is 56.9 Å². The summed E-state index contributed by atoms with van der Waals surface area (Å²) in [6.07, 6.45) is 4.05. The van der Waals surface area contributed by atoms with Crippen LogP contribution in [0.2, 0.25) is 0 Å². The fourth-order valence-electron chi connectivity index (χ4n) is 5.21. The van der Waals surface area contributed by atoms with Gasteiger partial charge in [0.1, 0.15) is 6.61 Å². The Bertz CT molecular complexity index is 992. The summed E-state index contributed by atoms with van der Waals surface area (Å²) >= 11 is 0. The third kappa shape index (κ3) is 5.76. The van der Waals surface area contributed by atoms with Gasteiger partial charge in [-0.3, -0.25) is 9.59 Å². The number of fused-ring (bicyclic) bond motifs is 3. The minimum Gasteiger partial charge on any atom is -0.481 e. The van der Waals surface area contributed by atoms with E-state index in [0.717, 1.165) is 25.7 Å². The van der Waals surface area contributed by atoms with E-state index in [0.29, 0.717) is 19.4 Å². The smallest absolute Gasteiger partial charge is 0.407 e. The summed E-state index contributed by atoms with van der Waals surface area (Å²) in [5.41, 5.74) is 4.72. The highest BCUT2D eigenvalue weighted by Crippen LogP contribution is 2.44. The predicted molar refractivity (Wildman–Crippen MR) is 128 cm³/mol. The van der Waals surface area contributed by atoms with E-state index in [1.807, 2.05) is 24.3 Å². The summed E-state index contributed by atoms with van der Waals surface area (Å²) in [7, 11) is 0. The second-order valence-corrected chi connectivity index (χ2v) is 9.17. The van der Waals surface area contributed by atoms with Crippen LogP contribution in [0.3, 0.4) is 0 Å². The molecular weight excluding hydrogens is 432 g/mol. The number of nitrogens with one attached hydrogen (secondary N) is 2. The molecule has 0 bridgehead atoms. The molecule has 2 aliphatic carbocycles. The van der Waals surface area contributed by atoms with E-state index in [1.165, 1.54) is 22.3 Å². The molecule has 0 saturated heterocycles. The Labute approximate surface area is 199 Å².